The Morgan fingerprint density at radius 3 is 2.59 bits per heavy atom. The zero-order valence-corrected chi connectivity index (χ0v) is 10.6. The largest absolute Gasteiger partial charge is 0.394 e. The highest BCUT2D eigenvalue weighted by Crippen LogP contribution is 2.40. The molecular weight excluding hydrogens is 218 g/mol. The normalized spacial score (nSPS) is 38.9. The van der Waals surface area contributed by atoms with Crippen LogP contribution in [0, 0.1) is 11.8 Å². The zero-order chi connectivity index (χ0) is 12.6. The number of rotatable bonds is 2. The van der Waals surface area contributed by atoms with Gasteiger partial charge in [0, 0.05) is 12.3 Å². The Morgan fingerprint density at radius 2 is 2.12 bits per heavy atom. The van der Waals surface area contributed by atoms with E-state index in [1.54, 1.807) is 6.92 Å². The van der Waals surface area contributed by atoms with E-state index in [-0.39, 0.29) is 24.3 Å². The summed E-state index contributed by atoms with van der Waals surface area (Å²) in [5.41, 5.74) is -0.614. The van der Waals surface area contributed by atoms with Crippen molar-refractivity contribution in [3.05, 3.63) is 0 Å². The molecule has 0 aromatic rings. The second-order valence-electron chi connectivity index (χ2n) is 5.76. The van der Waals surface area contributed by atoms with Gasteiger partial charge in [0.15, 0.2) is 0 Å². The quantitative estimate of drug-likeness (QED) is 0.739. The van der Waals surface area contributed by atoms with Crippen molar-refractivity contribution in [2.45, 2.75) is 51.5 Å². The van der Waals surface area contributed by atoms with Gasteiger partial charge in [-0.25, -0.2) is 0 Å². The first kappa shape index (κ1) is 12.6. The molecule has 96 valence electrons. The van der Waals surface area contributed by atoms with Crippen LogP contribution in [-0.2, 0) is 9.59 Å². The first-order valence-electron chi connectivity index (χ1n) is 6.48. The molecule has 1 N–H and O–H groups in total. The van der Waals surface area contributed by atoms with Crippen LogP contribution in [0.2, 0.25) is 0 Å². The predicted molar refractivity (Wildman–Crippen MR) is 63.1 cm³/mol. The van der Waals surface area contributed by atoms with E-state index < -0.39 is 5.54 Å². The van der Waals surface area contributed by atoms with Gasteiger partial charge in [-0.1, -0.05) is 26.7 Å². The van der Waals surface area contributed by atoms with Crippen LogP contribution in [0.5, 0.6) is 0 Å². The molecule has 0 bridgehead atoms. The van der Waals surface area contributed by atoms with Crippen molar-refractivity contribution < 1.29 is 14.7 Å². The molecule has 1 aliphatic carbocycles. The maximum Gasteiger partial charge on any atom is 0.233 e. The monoisotopic (exact) mass is 239 g/mol. The highest BCUT2D eigenvalue weighted by atomic mass is 16.3. The maximum atomic E-state index is 12.1. The fourth-order valence-electron chi connectivity index (χ4n) is 3.33. The van der Waals surface area contributed by atoms with Gasteiger partial charge in [0.1, 0.15) is 0 Å². The number of nitrogens with zero attached hydrogens (tertiary/aromatic N) is 1. The Kier molecular flexibility index (Phi) is 3.25. The molecule has 1 saturated heterocycles. The molecule has 2 rings (SSSR count). The number of hydrogen-bond acceptors (Lipinski definition) is 3. The Hall–Kier alpha value is -0.900. The van der Waals surface area contributed by atoms with Crippen LogP contribution in [0.1, 0.15) is 46.0 Å². The highest BCUT2D eigenvalue weighted by Gasteiger charge is 2.50. The lowest BCUT2D eigenvalue weighted by atomic mass is 9.75. The standard InChI is InChI=1S/C13H21NO3/c1-9-4-3-5-13(7-9,8-15)14-11(16)6-10(2)12(14)17/h9-10,15H,3-8H2,1-2H3. The van der Waals surface area contributed by atoms with Crippen molar-refractivity contribution >= 4 is 11.8 Å². The molecule has 4 nitrogen and oxygen atoms in total. The summed E-state index contributed by atoms with van der Waals surface area (Å²) in [7, 11) is 0. The predicted octanol–water partition coefficient (Wildman–Crippen LogP) is 1.32. The Balaban J connectivity index is 2.28. The van der Waals surface area contributed by atoms with Crippen LogP contribution < -0.4 is 0 Å². The van der Waals surface area contributed by atoms with Crippen molar-refractivity contribution in [2.24, 2.45) is 11.8 Å². The average Bonchev–Trinajstić information content (AvgIpc) is 2.53. The molecule has 2 aliphatic rings. The van der Waals surface area contributed by atoms with Gasteiger partial charge in [-0.2, -0.15) is 0 Å². The minimum absolute atomic E-state index is 0.0957. The highest BCUT2D eigenvalue weighted by molar-refractivity contribution is 6.04. The molecule has 1 heterocycles. The number of aliphatic hydroxyl groups excluding tert-OH is 1. The number of hydrogen-bond donors (Lipinski definition) is 1. The molecular formula is C13H21NO3. The van der Waals surface area contributed by atoms with Crippen molar-refractivity contribution in [3.63, 3.8) is 0 Å². The Labute approximate surface area is 102 Å². The van der Waals surface area contributed by atoms with E-state index in [9.17, 15) is 14.7 Å². The zero-order valence-electron chi connectivity index (χ0n) is 10.6. The number of aliphatic hydroxyl groups is 1. The van der Waals surface area contributed by atoms with Crippen molar-refractivity contribution in [3.8, 4) is 0 Å². The van der Waals surface area contributed by atoms with Crippen LogP contribution in [0.15, 0.2) is 0 Å². The SMILES string of the molecule is CC1CCCC(CO)(N2C(=O)CC(C)C2=O)C1. The van der Waals surface area contributed by atoms with Crippen molar-refractivity contribution in [1.29, 1.82) is 0 Å². The number of imide groups is 1. The average molecular weight is 239 g/mol. The molecule has 4 heteroatoms. The molecule has 1 aliphatic heterocycles. The minimum Gasteiger partial charge on any atom is -0.394 e. The van der Waals surface area contributed by atoms with E-state index in [2.05, 4.69) is 6.92 Å². The van der Waals surface area contributed by atoms with Crippen LogP contribution in [0.4, 0.5) is 0 Å². The molecule has 0 spiro atoms. The summed E-state index contributed by atoms with van der Waals surface area (Å²) in [6, 6.07) is 0. The summed E-state index contributed by atoms with van der Waals surface area (Å²) < 4.78 is 0. The van der Waals surface area contributed by atoms with Gasteiger partial charge in [0.25, 0.3) is 0 Å². The van der Waals surface area contributed by atoms with E-state index in [4.69, 9.17) is 0 Å². The molecule has 0 aromatic carbocycles. The summed E-state index contributed by atoms with van der Waals surface area (Å²) in [4.78, 5) is 25.4. The fraction of sp³-hybridized carbons (Fsp3) is 0.846. The number of amides is 2. The van der Waals surface area contributed by atoms with Gasteiger partial charge in [-0.3, -0.25) is 14.5 Å². The second kappa shape index (κ2) is 4.41. The molecule has 0 radical (unpaired) electrons. The number of likely N-dealkylation sites (tertiary alicyclic amines) is 1. The number of carbonyl (C=O) groups excluding carboxylic acids is 2. The van der Waals surface area contributed by atoms with Gasteiger partial charge in [0.2, 0.25) is 11.8 Å². The Bertz CT molecular complexity index is 342. The van der Waals surface area contributed by atoms with Gasteiger partial charge in [0.05, 0.1) is 12.1 Å². The maximum absolute atomic E-state index is 12.1. The first-order valence-corrected chi connectivity index (χ1v) is 6.48. The molecule has 3 atom stereocenters. The molecule has 2 fully saturated rings. The van der Waals surface area contributed by atoms with Gasteiger partial charge < -0.3 is 5.11 Å². The topological polar surface area (TPSA) is 57.6 Å². The molecule has 3 unspecified atom stereocenters. The summed E-state index contributed by atoms with van der Waals surface area (Å²) in [6.45, 7) is 3.82. The third kappa shape index (κ3) is 1.99. The van der Waals surface area contributed by atoms with E-state index in [0.29, 0.717) is 12.3 Å². The van der Waals surface area contributed by atoms with E-state index >= 15 is 0 Å². The van der Waals surface area contributed by atoms with Crippen molar-refractivity contribution in [1.82, 2.24) is 4.90 Å². The summed E-state index contributed by atoms with van der Waals surface area (Å²) >= 11 is 0. The second-order valence-corrected chi connectivity index (χ2v) is 5.76. The third-order valence-corrected chi connectivity index (χ3v) is 4.21. The van der Waals surface area contributed by atoms with Crippen molar-refractivity contribution in [2.75, 3.05) is 6.61 Å². The van der Waals surface area contributed by atoms with Crippen LogP contribution in [-0.4, -0.2) is 34.0 Å². The summed E-state index contributed by atoms with van der Waals surface area (Å²) in [6.07, 6.45) is 3.89. The lowest BCUT2D eigenvalue weighted by Crippen LogP contribution is -2.56. The van der Waals surface area contributed by atoms with Gasteiger partial charge in [-0.15, -0.1) is 0 Å². The summed E-state index contributed by atoms with van der Waals surface area (Å²) in [5, 5.41) is 9.70. The Morgan fingerprint density at radius 1 is 1.41 bits per heavy atom. The lowest BCUT2D eigenvalue weighted by Gasteiger charge is -2.44. The van der Waals surface area contributed by atoms with Crippen LogP contribution in [0.25, 0.3) is 0 Å². The smallest absolute Gasteiger partial charge is 0.233 e. The lowest BCUT2D eigenvalue weighted by molar-refractivity contribution is -0.151. The number of carbonyl (C=O) groups is 2. The third-order valence-electron chi connectivity index (χ3n) is 4.21. The van der Waals surface area contributed by atoms with Gasteiger partial charge in [-0.05, 0) is 18.8 Å². The first-order chi connectivity index (χ1) is 8.00. The molecule has 2 amide bonds. The summed E-state index contributed by atoms with van der Waals surface area (Å²) in [5.74, 6) is 0.0411. The van der Waals surface area contributed by atoms with E-state index in [0.717, 1.165) is 25.7 Å². The fourth-order valence-corrected chi connectivity index (χ4v) is 3.33. The van der Waals surface area contributed by atoms with E-state index in [1.165, 1.54) is 4.90 Å². The van der Waals surface area contributed by atoms with Gasteiger partial charge >= 0.3 is 0 Å². The molecule has 0 aromatic heterocycles. The van der Waals surface area contributed by atoms with E-state index in [1.807, 2.05) is 0 Å². The molecule has 17 heavy (non-hydrogen) atoms. The van der Waals surface area contributed by atoms with Crippen LogP contribution >= 0.6 is 0 Å². The van der Waals surface area contributed by atoms with Crippen LogP contribution in [0.3, 0.4) is 0 Å². The minimum atomic E-state index is -0.614. The molecule has 1 saturated carbocycles.